The number of halogens is 2. The quantitative estimate of drug-likeness (QED) is 0.760. The fourth-order valence-corrected chi connectivity index (χ4v) is 2.34. The Bertz CT molecular complexity index is 1100. The molecule has 0 amide bonds. The van der Waals surface area contributed by atoms with Crippen molar-refractivity contribution in [1.82, 2.24) is 14.3 Å². The van der Waals surface area contributed by atoms with Crippen LogP contribution in [0.15, 0.2) is 58.1 Å². The van der Waals surface area contributed by atoms with E-state index in [9.17, 15) is 28.3 Å². The zero-order valence-corrected chi connectivity index (χ0v) is 13.1. The minimum atomic E-state index is -1.65. The van der Waals surface area contributed by atoms with Gasteiger partial charge in [0.2, 0.25) is 5.69 Å². The molecule has 0 fully saturated rings. The number of aromatic carboxylic acids is 1. The Balaban J connectivity index is 2.25. The number of carboxylic acids is 1. The Kier molecular flexibility index (Phi) is 4.44. The zero-order valence-electron chi connectivity index (χ0n) is 13.1. The molecule has 0 radical (unpaired) electrons. The van der Waals surface area contributed by atoms with E-state index in [1.807, 2.05) is 0 Å². The SMILES string of the molecule is O=C(O)c1nn(-c2ccc(F)cc2)c(=O)n(Cc2ccccc2F)c1=O. The van der Waals surface area contributed by atoms with Gasteiger partial charge in [-0.1, -0.05) is 18.2 Å². The number of aromatic nitrogens is 3. The fraction of sp³-hybridized carbons (Fsp3) is 0.0588. The molecule has 1 N–H and O–H groups in total. The van der Waals surface area contributed by atoms with Gasteiger partial charge < -0.3 is 5.11 Å². The van der Waals surface area contributed by atoms with Crippen LogP contribution < -0.4 is 11.2 Å². The number of nitrogens with zero attached hydrogens (tertiary/aromatic N) is 3. The second-order valence-corrected chi connectivity index (χ2v) is 5.31. The van der Waals surface area contributed by atoms with Gasteiger partial charge in [-0.05, 0) is 30.3 Å². The lowest BCUT2D eigenvalue weighted by Gasteiger charge is -2.11. The van der Waals surface area contributed by atoms with Crippen LogP contribution in [0.25, 0.3) is 5.69 Å². The summed E-state index contributed by atoms with van der Waals surface area (Å²) in [6.45, 7) is -0.478. The molecular weight excluding hydrogens is 348 g/mol. The molecule has 3 aromatic rings. The minimum Gasteiger partial charge on any atom is -0.476 e. The van der Waals surface area contributed by atoms with Gasteiger partial charge >= 0.3 is 11.7 Å². The smallest absolute Gasteiger partial charge is 0.362 e. The number of carbonyl (C=O) groups is 1. The Labute approximate surface area is 144 Å². The van der Waals surface area contributed by atoms with Gasteiger partial charge in [-0.2, -0.15) is 9.78 Å². The van der Waals surface area contributed by atoms with Crippen molar-refractivity contribution >= 4 is 5.97 Å². The van der Waals surface area contributed by atoms with E-state index in [2.05, 4.69) is 5.10 Å². The van der Waals surface area contributed by atoms with Crippen LogP contribution in [0.4, 0.5) is 8.78 Å². The van der Waals surface area contributed by atoms with Crippen molar-refractivity contribution in [2.75, 3.05) is 0 Å². The lowest BCUT2D eigenvalue weighted by molar-refractivity contribution is 0.0684. The first-order valence-electron chi connectivity index (χ1n) is 7.35. The van der Waals surface area contributed by atoms with Gasteiger partial charge in [-0.15, -0.1) is 0 Å². The van der Waals surface area contributed by atoms with Gasteiger partial charge in [-0.25, -0.2) is 18.4 Å². The van der Waals surface area contributed by atoms with Crippen LogP contribution in [0.2, 0.25) is 0 Å². The summed E-state index contributed by atoms with van der Waals surface area (Å²) < 4.78 is 28.2. The van der Waals surface area contributed by atoms with Crippen molar-refractivity contribution in [2.24, 2.45) is 0 Å². The first kappa shape index (κ1) is 17.2. The molecule has 1 heterocycles. The molecule has 2 aromatic carbocycles. The molecule has 9 heteroatoms. The third kappa shape index (κ3) is 3.14. The van der Waals surface area contributed by atoms with Gasteiger partial charge in [0.05, 0.1) is 12.2 Å². The number of hydrogen-bond acceptors (Lipinski definition) is 4. The average molecular weight is 359 g/mol. The van der Waals surface area contributed by atoms with E-state index in [-0.39, 0.29) is 11.3 Å². The third-order valence-electron chi connectivity index (χ3n) is 3.62. The van der Waals surface area contributed by atoms with E-state index >= 15 is 0 Å². The van der Waals surface area contributed by atoms with Crippen LogP contribution in [-0.4, -0.2) is 25.4 Å². The van der Waals surface area contributed by atoms with Crippen molar-refractivity contribution in [3.05, 3.63) is 92.3 Å². The number of rotatable bonds is 4. The van der Waals surface area contributed by atoms with Gasteiger partial charge in [0, 0.05) is 5.56 Å². The Morgan fingerprint density at radius 3 is 2.31 bits per heavy atom. The van der Waals surface area contributed by atoms with E-state index in [1.165, 1.54) is 30.3 Å². The summed E-state index contributed by atoms with van der Waals surface area (Å²) in [5.74, 6) is -2.87. The summed E-state index contributed by atoms with van der Waals surface area (Å²) in [7, 11) is 0. The molecular formula is C17H11F2N3O4. The normalized spacial score (nSPS) is 10.7. The molecule has 0 spiro atoms. The van der Waals surface area contributed by atoms with Crippen LogP contribution in [0.5, 0.6) is 0 Å². The fourth-order valence-electron chi connectivity index (χ4n) is 2.34. The molecule has 7 nitrogen and oxygen atoms in total. The highest BCUT2D eigenvalue weighted by Gasteiger charge is 2.20. The van der Waals surface area contributed by atoms with Gasteiger partial charge in [0.1, 0.15) is 11.6 Å². The highest BCUT2D eigenvalue weighted by molar-refractivity contribution is 5.84. The maximum absolute atomic E-state index is 13.9. The second kappa shape index (κ2) is 6.71. The van der Waals surface area contributed by atoms with Crippen LogP contribution in [-0.2, 0) is 6.54 Å². The van der Waals surface area contributed by atoms with E-state index in [0.29, 0.717) is 9.25 Å². The van der Waals surface area contributed by atoms with Crippen molar-refractivity contribution in [2.45, 2.75) is 6.54 Å². The summed E-state index contributed by atoms with van der Waals surface area (Å²) in [5, 5.41) is 12.7. The van der Waals surface area contributed by atoms with Crippen molar-refractivity contribution < 1.29 is 18.7 Å². The molecule has 0 saturated heterocycles. The maximum atomic E-state index is 13.9. The monoisotopic (exact) mass is 359 g/mol. The third-order valence-corrected chi connectivity index (χ3v) is 3.62. The van der Waals surface area contributed by atoms with E-state index in [1.54, 1.807) is 0 Å². The average Bonchev–Trinajstić information content (AvgIpc) is 2.61. The number of carboxylic acid groups (broad SMARTS) is 1. The van der Waals surface area contributed by atoms with Crippen molar-refractivity contribution in [1.29, 1.82) is 0 Å². The highest BCUT2D eigenvalue weighted by atomic mass is 19.1. The lowest BCUT2D eigenvalue weighted by atomic mass is 10.2. The molecule has 0 aliphatic rings. The van der Waals surface area contributed by atoms with E-state index < -0.39 is 41.1 Å². The number of hydrogen-bond donors (Lipinski definition) is 1. The van der Waals surface area contributed by atoms with E-state index in [0.717, 1.165) is 18.2 Å². The summed E-state index contributed by atoms with van der Waals surface area (Å²) in [5.41, 5.74) is -2.97. The lowest BCUT2D eigenvalue weighted by Crippen LogP contribution is -2.44. The van der Waals surface area contributed by atoms with Crippen LogP contribution in [0, 0.1) is 11.6 Å². The molecule has 0 unspecified atom stereocenters. The summed E-state index contributed by atoms with van der Waals surface area (Å²) >= 11 is 0. The molecule has 0 saturated carbocycles. The van der Waals surface area contributed by atoms with Gasteiger partial charge in [-0.3, -0.25) is 9.36 Å². The predicted molar refractivity (Wildman–Crippen MR) is 86.5 cm³/mol. The minimum absolute atomic E-state index is 0.0277. The molecule has 0 bridgehead atoms. The standard InChI is InChI=1S/C17H11F2N3O4/c18-11-5-7-12(8-6-11)22-17(26)21(15(23)14(20-22)16(24)25)9-10-3-1-2-4-13(10)19/h1-8H,9H2,(H,24,25). The summed E-state index contributed by atoms with van der Waals surface area (Å²) in [4.78, 5) is 36.2. The molecule has 26 heavy (non-hydrogen) atoms. The maximum Gasteiger partial charge on any atom is 0.362 e. The van der Waals surface area contributed by atoms with Crippen molar-refractivity contribution in [3.63, 3.8) is 0 Å². The van der Waals surface area contributed by atoms with Gasteiger partial charge in [0.25, 0.3) is 5.56 Å². The predicted octanol–water partition coefficient (Wildman–Crippen LogP) is 1.42. The van der Waals surface area contributed by atoms with Crippen molar-refractivity contribution in [3.8, 4) is 5.69 Å². The first-order chi connectivity index (χ1) is 12.4. The first-order valence-corrected chi connectivity index (χ1v) is 7.35. The molecule has 0 aliphatic heterocycles. The highest BCUT2D eigenvalue weighted by Crippen LogP contribution is 2.08. The number of benzene rings is 2. The van der Waals surface area contributed by atoms with Crippen LogP contribution in [0.3, 0.4) is 0 Å². The topological polar surface area (TPSA) is 94.2 Å². The van der Waals surface area contributed by atoms with E-state index in [4.69, 9.17) is 0 Å². The molecule has 3 rings (SSSR count). The molecule has 0 atom stereocenters. The molecule has 0 aliphatic carbocycles. The Morgan fingerprint density at radius 1 is 1.04 bits per heavy atom. The largest absolute Gasteiger partial charge is 0.476 e. The van der Waals surface area contributed by atoms with Crippen LogP contribution >= 0.6 is 0 Å². The summed E-state index contributed by atoms with van der Waals surface area (Å²) in [6, 6.07) is 9.98. The Morgan fingerprint density at radius 2 is 1.69 bits per heavy atom. The Hall–Kier alpha value is -3.62. The summed E-state index contributed by atoms with van der Waals surface area (Å²) in [6.07, 6.45) is 0. The van der Waals surface area contributed by atoms with Gasteiger partial charge in [0.15, 0.2) is 0 Å². The molecule has 1 aromatic heterocycles. The zero-order chi connectivity index (χ0) is 18.8. The molecule has 132 valence electrons. The second-order valence-electron chi connectivity index (χ2n) is 5.31. The van der Waals surface area contributed by atoms with Crippen LogP contribution in [0.1, 0.15) is 16.1 Å².